The quantitative estimate of drug-likeness (QED) is 0.781. The highest BCUT2D eigenvalue weighted by Crippen LogP contribution is 2.38. The third-order valence-corrected chi connectivity index (χ3v) is 5.06. The number of nitrogens with one attached hydrogen (secondary N) is 1. The molecule has 0 amide bonds. The maximum absolute atomic E-state index is 5.64. The van der Waals surface area contributed by atoms with E-state index in [0.717, 1.165) is 37.0 Å². The first-order chi connectivity index (χ1) is 8.86. The molecule has 0 spiro atoms. The molecule has 1 saturated heterocycles. The van der Waals surface area contributed by atoms with Crippen LogP contribution in [0.1, 0.15) is 58.8 Å². The van der Waals surface area contributed by atoms with Gasteiger partial charge in [-0.2, -0.15) is 0 Å². The lowest BCUT2D eigenvalue weighted by atomic mass is 9.70. The maximum atomic E-state index is 5.64. The third-order valence-electron chi connectivity index (χ3n) is 5.06. The lowest BCUT2D eigenvalue weighted by molar-refractivity contribution is 0.119. The minimum absolute atomic E-state index is 0.720. The number of hydrogen-bond donors (Lipinski definition) is 1. The number of hydrogen-bond acceptors (Lipinski definition) is 2. The molecule has 0 aromatic carbocycles. The zero-order valence-electron chi connectivity index (χ0n) is 12.3. The summed E-state index contributed by atoms with van der Waals surface area (Å²) < 4.78 is 5.64. The normalized spacial score (nSPS) is 34.7. The summed E-state index contributed by atoms with van der Waals surface area (Å²) in [5.41, 5.74) is 0. The third kappa shape index (κ3) is 3.48. The Balaban J connectivity index is 2.00. The molecular weight excluding hydrogens is 222 g/mol. The van der Waals surface area contributed by atoms with Gasteiger partial charge >= 0.3 is 0 Å². The molecule has 2 fully saturated rings. The summed E-state index contributed by atoms with van der Waals surface area (Å²) in [6.45, 7) is 7.80. The van der Waals surface area contributed by atoms with Crippen molar-refractivity contribution in [3.8, 4) is 0 Å². The van der Waals surface area contributed by atoms with E-state index in [2.05, 4.69) is 19.2 Å². The van der Waals surface area contributed by atoms with Crippen LogP contribution < -0.4 is 5.32 Å². The molecule has 0 aromatic rings. The van der Waals surface area contributed by atoms with Gasteiger partial charge in [-0.05, 0) is 37.6 Å². The van der Waals surface area contributed by atoms with Gasteiger partial charge in [0.25, 0.3) is 0 Å². The van der Waals surface area contributed by atoms with Gasteiger partial charge in [0.1, 0.15) is 0 Å². The summed E-state index contributed by atoms with van der Waals surface area (Å²) in [4.78, 5) is 0. The fourth-order valence-corrected chi connectivity index (χ4v) is 4.03. The predicted molar refractivity (Wildman–Crippen MR) is 76.7 cm³/mol. The summed E-state index contributed by atoms with van der Waals surface area (Å²) in [6, 6.07) is 0.720. The Labute approximate surface area is 113 Å². The minimum atomic E-state index is 0.720. The molecule has 1 saturated carbocycles. The molecule has 2 heteroatoms. The monoisotopic (exact) mass is 253 g/mol. The van der Waals surface area contributed by atoms with Crippen LogP contribution in [-0.4, -0.2) is 25.8 Å². The molecule has 2 aliphatic rings. The van der Waals surface area contributed by atoms with Crippen molar-refractivity contribution in [2.75, 3.05) is 19.8 Å². The van der Waals surface area contributed by atoms with Crippen LogP contribution in [0.3, 0.4) is 0 Å². The fourth-order valence-electron chi connectivity index (χ4n) is 4.03. The van der Waals surface area contributed by atoms with Crippen molar-refractivity contribution in [3.63, 3.8) is 0 Å². The van der Waals surface area contributed by atoms with Gasteiger partial charge in [0.2, 0.25) is 0 Å². The van der Waals surface area contributed by atoms with Crippen LogP contribution in [0.15, 0.2) is 0 Å². The molecule has 18 heavy (non-hydrogen) atoms. The highest BCUT2D eigenvalue weighted by Gasteiger charge is 2.36. The van der Waals surface area contributed by atoms with Crippen molar-refractivity contribution in [2.45, 2.75) is 64.8 Å². The standard InChI is InChI=1S/C16H31NO/c1-3-10-17-16(14-9-11-18-12-14)15-8-6-5-7-13(15)4-2/h13-17H,3-12H2,1-2H3. The van der Waals surface area contributed by atoms with Gasteiger partial charge in [-0.3, -0.25) is 0 Å². The van der Waals surface area contributed by atoms with Crippen LogP contribution in [0.5, 0.6) is 0 Å². The highest BCUT2D eigenvalue weighted by atomic mass is 16.5. The molecular formula is C16H31NO. The van der Waals surface area contributed by atoms with Gasteiger partial charge in [-0.15, -0.1) is 0 Å². The summed E-state index contributed by atoms with van der Waals surface area (Å²) in [5.74, 6) is 2.63. The predicted octanol–water partition coefficient (Wildman–Crippen LogP) is 3.61. The molecule has 106 valence electrons. The second-order valence-corrected chi connectivity index (χ2v) is 6.22. The Morgan fingerprint density at radius 3 is 2.67 bits per heavy atom. The number of ether oxygens (including phenoxy) is 1. The van der Waals surface area contributed by atoms with E-state index in [0.29, 0.717) is 0 Å². The van der Waals surface area contributed by atoms with Gasteiger partial charge < -0.3 is 10.1 Å². The van der Waals surface area contributed by atoms with Crippen molar-refractivity contribution in [2.24, 2.45) is 17.8 Å². The Morgan fingerprint density at radius 2 is 2.00 bits per heavy atom. The molecule has 4 atom stereocenters. The Morgan fingerprint density at radius 1 is 1.17 bits per heavy atom. The molecule has 0 aromatic heterocycles. The average molecular weight is 253 g/mol. The second-order valence-electron chi connectivity index (χ2n) is 6.22. The molecule has 2 nitrogen and oxygen atoms in total. The van der Waals surface area contributed by atoms with E-state index >= 15 is 0 Å². The van der Waals surface area contributed by atoms with Crippen LogP contribution in [0.25, 0.3) is 0 Å². The highest BCUT2D eigenvalue weighted by molar-refractivity contribution is 4.90. The molecule has 0 bridgehead atoms. The fraction of sp³-hybridized carbons (Fsp3) is 1.00. The molecule has 1 aliphatic heterocycles. The molecule has 1 heterocycles. The summed E-state index contributed by atoms with van der Waals surface area (Å²) >= 11 is 0. The van der Waals surface area contributed by atoms with Crippen molar-refractivity contribution in [1.82, 2.24) is 5.32 Å². The lowest BCUT2D eigenvalue weighted by Gasteiger charge is -2.40. The van der Waals surface area contributed by atoms with Gasteiger partial charge in [0, 0.05) is 18.6 Å². The summed E-state index contributed by atoms with van der Waals surface area (Å²) in [6.07, 6.45) is 9.68. The first-order valence-electron chi connectivity index (χ1n) is 8.18. The van der Waals surface area contributed by atoms with Crippen molar-refractivity contribution in [1.29, 1.82) is 0 Å². The Bertz CT molecular complexity index is 225. The lowest BCUT2D eigenvalue weighted by Crippen LogP contribution is -2.46. The average Bonchev–Trinajstić information content (AvgIpc) is 2.94. The Hall–Kier alpha value is -0.0800. The SMILES string of the molecule is CCCNC(C1CCOC1)C1CCCCC1CC. The van der Waals surface area contributed by atoms with Gasteiger partial charge in [0.05, 0.1) is 6.61 Å². The molecule has 0 radical (unpaired) electrons. The first kappa shape index (κ1) is 14.3. The van der Waals surface area contributed by atoms with E-state index in [1.807, 2.05) is 0 Å². The van der Waals surface area contributed by atoms with Crippen LogP contribution >= 0.6 is 0 Å². The van der Waals surface area contributed by atoms with Gasteiger partial charge in [-0.25, -0.2) is 0 Å². The van der Waals surface area contributed by atoms with Crippen molar-refractivity contribution >= 4 is 0 Å². The van der Waals surface area contributed by atoms with Crippen LogP contribution in [-0.2, 0) is 4.74 Å². The molecule has 1 aliphatic carbocycles. The summed E-state index contributed by atoms with van der Waals surface area (Å²) in [5, 5.41) is 3.87. The second kappa shape index (κ2) is 7.49. The van der Waals surface area contributed by atoms with E-state index in [9.17, 15) is 0 Å². The number of rotatable bonds is 6. The first-order valence-corrected chi connectivity index (χ1v) is 8.18. The van der Waals surface area contributed by atoms with E-state index in [1.54, 1.807) is 0 Å². The van der Waals surface area contributed by atoms with Crippen LogP contribution in [0.4, 0.5) is 0 Å². The molecule has 2 rings (SSSR count). The smallest absolute Gasteiger partial charge is 0.0510 e. The molecule has 1 N–H and O–H groups in total. The van der Waals surface area contributed by atoms with E-state index < -0.39 is 0 Å². The largest absolute Gasteiger partial charge is 0.381 e. The van der Waals surface area contributed by atoms with E-state index in [4.69, 9.17) is 4.74 Å². The topological polar surface area (TPSA) is 21.3 Å². The maximum Gasteiger partial charge on any atom is 0.0510 e. The van der Waals surface area contributed by atoms with Crippen LogP contribution in [0.2, 0.25) is 0 Å². The van der Waals surface area contributed by atoms with E-state index in [1.165, 1.54) is 51.5 Å². The van der Waals surface area contributed by atoms with Crippen molar-refractivity contribution in [3.05, 3.63) is 0 Å². The molecule has 4 unspecified atom stereocenters. The van der Waals surface area contributed by atoms with Crippen molar-refractivity contribution < 1.29 is 4.74 Å². The summed E-state index contributed by atoms with van der Waals surface area (Å²) in [7, 11) is 0. The van der Waals surface area contributed by atoms with E-state index in [-0.39, 0.29) is 0 Å². The Kier molecular flexibility index (Phi) is 5.97. The van der Waals surface area contributed by atoms with Gasteiger partial charge in [-0.1, -0.05) is 39.5 Å². The minimum Gasteiger partial charge on any atom is -0.381 e. The van der Waals surface area contributed by atoms with Crippen LogP contribution in [0, 0.1) is 17.8 Å². The zero-order valence-corrected chi connectivity index (χ0v) is 12.3. The zero-order chi connectivity index (χ0) is 12.8. The van der Waals surface area contributed by atoms with Gasteiger partial charge in [0.15, 0.2) is 0 Å².